The highest BCUT2D eigenvalue weighted by Gasteiger charge is 2.24. The third kappa shape index (κ3) is 1.67. The number of ether oxygens (including phenoxy) is 1. The molecule has 0 saturated heterocycles. The molecule has 0 saturated carbocycles. The molecule has 1 aromatic rings. The summed E-state index contributed by atoms with van der Waals surface area (Å²) < 4.78 is 5.65. The normalized spacial score (nSPS) is 23.5. The Labute approximate surface area is 95.0 Å². The van der Waals surface area contributed by atoms with Crippen LogP contribution in [0.1, 0.15) is 11.6 Å². The molecule has 2 heteroatoms. The Balaban J connectivity index is 1.81. The highest BCUT2D eigenvalue weighted by molar-refractivity contribution is 5.84. The molecule has 0 amide bonds. The van der Waals surface area contributed by atoms with E-state index in [1.807, 2.05) is 30.4 Å². The number of hydrogen-bond donors (Lipinski definition) is 0. The summed E-state index contributed by atoms with van der Waals surface area (Å²) in [7, 11) is 0. The predicted molar refractivity (Wildman–Crippen MR) is 64.3 cm³/mol. The van der Waals surface area contributed by atoms with Gasteiger partial charge < -0.3 is 4.74 Å². The van der Waals surface area contributed by atoms with Crippen molar-refractivity contribution in [2.45, 2.75) is 6.04 Å². The molecule has 1 atom stereocenters. The lowest BCUT2D eigenvalue weighted by Crippen LogP contribution is -2.08. The molecule has 1 aromatic carbocycles. The largest absolute Gasteiger partial charge is 0.478 e. The average Bonchev–Trinajstić information content (AvgIpc) is 3.01. The second kappa shape index (κ2) is 3.97. The Morgan fingerprint density at radius 2 is 1.81 bits per heavy atom. The first-order valence-electron chi connectivity index (χ1n) is 5.54. The van der Waals surface area contributed by atoms with Crippen LogP contribution in [-0.2, 0) is 4.74 Å². The quantitative estimate of drug-likeness (QED) is 0.737. The van der Waals surface area contributed by atoms with Crippen LogP contribution < -0.4 is 0 Å². The summed E-state index contributed by atoms with van der Waals surface area (Å²) in [6.45, 7) is 0.664. The molecule has 2 aliphatic rings. The summed E-state index contributed by atoms with van der Waals surface area (Å²) in [6.07, 6.45) is 8.27. The van der Waals surface area contributed by atoms with Gasteiger partial charge in [-0.3, -0.25) is 0 Å². The molecule has 0 spiro atoms. The van der Waals surface area contributed by atoms with Crippen LogP contribution in [0.5, 0.6) is 0 Å². The molecule has 1 aliphatic heterocycles. The van der Waals surface area contributed by atoms with E-state index in [4.69, 9.17) is 4.74 Å². The van der Waals surface area contributed by atoms with E-state index < -0.39 is 0 Å². The molecule has 0 bridgehead atoms. The first-order chi connectivity index (χ1) is 7.93. The van der Waals surface area contributed by atoms with E-state index in [0.717, 1.165) is 5.90 Å². The van der Waals surface area contributed by atoms with Crippen molar-refractivity contribution in [3.8, 4) is 0 Å². The topological polar surface area (TPSA) is 21.6 Å². The molecule has 1 aliphatic carbocycles. The van der Waals surface area contributed by atoms with Crippen molar-refractivity contribution < 1.29 is 4.74 Å². The number of rotatable bonds is 2. The molecule has 1 heterocycles. The Kier molecular flexibility index (Phi) is 2.33. The van der Waals surface area contributed by atoms with Gasteiger partial charge in [0.25, 0.3) is 0 Å². The van der Waals surface area contributed by atoms with Crippen molar-refractivity contribution in [1.82, 2.24) is 0 Å². The van der Waals surface area contributed by atoms with Crippen molar-refractivity contribution in [1.29, 1.82) is 0 Å². The van der Waals surface area contributed by atoms with Gasteiger partial charge in [0.1, 0.15) is 12.6 Å². The van der Waals surface area contributed by atoms with Crippen LogP contribution in [0, 0.1) is 5.92 Å². The Hall–Kier alpha value is -1.83. The summed E-state index contributed by atoms with van der Waals surface area (Å²) in [4.78, 5) is 4.63. The van der Waals surface area contributed by atoms with Crippen LogP contribution in [0.3, 0.4) is 0 Å². The van der Waals surface area contributed by atoms with E-state index in [1.54, 1.807) is 0 Å². The lowest BCUT2D eigenvalue weighted by molar-refractivity contribution is 0.309. The van der Waals surface area contributed by atoms with Crippen molar-refractivity contribution in [2.75, 3.05) is 6.61 Å². The molecule has 80 valence electrons. The van der Waals surface area contributed by atoms with E-state index in [1.165, 1.54) is 5.56 Å². The SMILES string of the molecule is C1=CC(C2=N[C@@H](c3ccccc3)CO2)C=C1. The predicted octanol–water partition coefficient (Wildman–Crippen LogP) is 2.90. The molecule has 2 nitrogen and oxygen atoms in total. The van der Waals surface area contributed by atoms with Crippen LogP contribution in [0.15, 0.2) is 59.6 Å². The van der Waals surface area contributed by atoms with Gasteiger partial charge >= 0.3 is 0 Å². The van der Waals surface area contributed by atoms with Gasteiger partial charge in [0.05, 0.1) is 5.92 Å². The zero-order valence-corrected chi connectivity index (χ0v) is 8.91. The fourth-order valence-corrected chi connectivity index (χ4v) is 2.02. The second-order valence-corrected chi connectivity index (χ2v) is 4.00. The van der Waals surface area contributed by atoms with Gasteiger partial charge in [-0.25, -0.2) is 4.99 Å². The van der Waals surface area contributed by atoms with Gasteiger partial charge in [-0.2, -0.15) is 0 Å². The molecule has 0 N–H and O–H groups in total. The summed E-state index contributed by atoms with van der Waals surface area (Å²) in [5.74, 6) is 1.09. The minimum Gasteiger partial charge on any atom is -0.478 e. The number of benzene rings is 1. The van der Waals surface area contributed by atoms with E-state index in [-0.39, 0.29) is 12.0 Å². The Morgan fingerprint density at radius 1 is 1.06 bits per heavy atom. The zero-order chi connectivity index (χ0) is 10.8. The van der Waals surface area contributed by atoms with Gasteiger partial charge in [-0.1, -0.05) is 54.6 Å². The van der Waals surface area contributed by atoms with Gasteiger partial charge in [-0.05, 0) is 5.56 Å². The highest BCUT2D eigenvalue weighted by atomic mass is 16.5. The van der Waals surface area contributed by atoms with E-state index in [2.05, 4.69) is 29.3 Å². The highest BCUT2D eigenvalue weighted by Crippen LogP contribution is 2.26. The third-order valence-electron chi connectivity index (χ3n) is 2.89. The lowest BCUT2D eigenvalue weighted by atomic mass is 10.1. The molecular formula is C14H13NO. The fourth-order valence-electron chi connectivity index (χ4n) is 2.02. The van der Waals surface area contributed by atoms with Crippen molar-refractivity contribution >= 4 is 5.90 Å². The molecular weight excluding hydrogens is 198 g/mol. The monoisotopic (exact) mass is 211 g/mol. The molecule has 16 heavy (non-hydrogen) atoms. The molecule has 0 radical (unpaired) electrons. The summed E-state index contributed by atoms with van der Waals surface area (Å²) >= 11 is 0. The first-order valence-corrected chi connectivity index (χ1v) is 5.54. The standard InChI is InChI=1S/C14H13NO/c1-2-6-11(7-3-1)13-10-16-14(15-13)12-8-4-5-9-12/h1-9,12-13H,10H2/t13-/m1/s1. The molecule has 3 rings (SSSR count). The molecule has 0 aromatic heterocycles. The van der Waals surface area contributed by atoms with Crippen LogP contribution in [0.4, 0.5) is 0 Å². The minimum absolute atomic E-state index is 0.165. The maximum absolute atomic E-state index is 5.65. The minimum atomic E-state index is 0.165. The number of nitrogens with zero attached hydrogens (tertiary/aromatic N) is 1. The Morgan fingerprint density at radius 3 is 2.56 bits per heavy atom. The molecule has 0 unspecified atom stereocenters. The maximum Gasteiger partial charge on any atom is 0.195 e. The van der Waals surface area contributed by atoms with Crippen LogP contribution in [-0.4, -0.2) is 12.5 Å². The third-order valence-corrected chi connectivity index (χ3v) is 2.89. The second-order valence-electron chi connectivity index (χ2n) is 4.00. The van der Waals surface area contributed by atoms with Crippen molar-refractivity contribution in [3.63, 3.8) is 0 Å². The lowest BCUT2D eigenvalue weighted by Gasteiger charge is -2.04. The first kappa shape index (κ1) is 9.40. The number of aliphatic imine (C=N–C) groups is 1. The Bertz CT molecular complexity index is 447. The van der Waals surface area contributed by atoms with Crippen LogP contribution in [0.2, 0.25) is 0 Å². The van der Waals surface area contributed by atoms with E-state index >= 15 is 0 Å². The van der Waals surface area contributed by atoms with E-state index in [9.17, 15) is 0 Å². The smallest absolute Gasteiger partial charge is 0.195 e. The maximum atomic E-state index is 5.65. The summed E-state index contributed by atoms with van der Waals surface area (Å²) in [6, 6.07) is 10.5. The fraction of sp³-hybridized carbons (Fsp3) is 0.214. The zero-order valence-electron chi connectivity index (χ0n) is 8.91. The summed E-state index contributed by atoms with van der Waals surface area (Å²) in [5.41, 5.74) is 1.23. The molecule has 0 fully saturated rings. The van der Waals surface area contributed by atoms with Crippen molar-refractivity contribution in [3.05, 3.63) is 60.2 Å². The van der Waals surface area contributed by atoms with Gasteiger partial charge in [0, 0.05) is 0 Å². The van der Waals surface area contributed by atoms with E-state index in [0.29, 0.717) is 6.61 Å². The summed E-state index contributed by atoms with van der Waals surface area (Å²) in [5, 5.41) is 0. The number of hydrogen-bond acceptors (Lipinski definition) is 2. The van der Waals surface area contributed by atoms with Gasteiger partial charge in [0.15, 0.2) is 5.90 Å². The van der Waals surface area contributed by atoms with Gasteiger partial charge in [0.2, 0.25) is 0 Å². The van der Waals surface area contributed by atoms with Crippen molar-refractivity contribution in [2.24, 2.45) is 10.9 Å². The van der Waals surface area contributed by atoms with Crippen LogP contribution >= 0.6 is 0 Å². The number of allylic oxidation sites excluding steroid dienone is 2. The van der Waals surface area contributed by atoms with Gasteiger partial charge in [-0.15, -0.1) is 0 Å². The van der Waals surface area contributed by atoms with Crippen LogP contribution in [0.25, 0.3) is 0 Å². The average molecular weight is 211 g/mol.